The number of halogens is 2. The maximum atomic E-state index is 14.0. The highest BCUT2D eigenvalue weighted by molar-refractivity contribution is 5.39. The van der Waals surface area contributed by atoms with Gasteiger partial charge in [-0.15, -0.1) is 0 Å². The molecule has 1 atom stereocenters. The summed E-state index contributed by atoms with van der Waals surface area (Å²) in [7, 11) is 0. The molecule has 2 N–H and O–H groups in total. The van der Waals surface area contributed by atoms with E-state index in [0.717, 1.165) is 16.7 Å². The summed E-state index contributed by atoms with van der Waals surface area (Å²) in [6.07, 6.45) is 0. The van der Waals surface area contributed by atoms with Crippen molar-refractivity contribution in [3.8, 4) is 0 Å². The number of aryl methyl sites for hydroxylation is 1. The predicted octanol–water partition coefficient (Wildman–Crippen LogP) is 3.35. The zero-order chi connectivity index (χ0) is 14.3. The first-order chi connectivity index (χ1) is 9.56. The third-order valence-corrected chi connectivity index (χ3v) is 3.72. The first kappa shape index (κ1) is 13.2. The van der Waals surface area contributed by atoms with Gasteiger partial charge in [0.25, 0.3) is 0 Å². The van der Waals surface area contributed by atoms with Crippen LogP contribution in [0.5, 0.6) is 0 Å². The average Bonchev–Trinajstić information content (AvgIpc) is 2.89. The van der Waals surface area contributed by atoms with Crippen molar-refractivity contribution < 1.29 is 13.5 Å². The summed E-state index contributed by atoms with van der Waals surface area (Å²) >= 11 is 0. The Bertz CT molecular complexity index is 670. The molecule has 4 heteroatoms. The normalized spacial score (nSPS) is 15.2. The summed E-state index contributed by atoms with van der Waals surface area (Å²) in [5.74, 6) is -0.922. The van der Waals surface area contributed by atoms with Crippen LogP contribution >= 0.6 is 0 Å². The van der Waals surface area contributed by atoms with Gasteiger partial charge in [0, 0.05) is 5.56 Å². The van der Waals surface area contributed by atoms with E-state index in [0.29, 0.717) is 13.2 Å². The lowest BCUT2D eigenvalue weighted by Crippen LogP contribution is -2.14. The van der Waals surface area contributed by atoms with Gasteiger partial charge in [-0.3, -0.25) is 0 Å². The molecule has 0 saturated carbocycles. The molecular formula is C16H15F2NO. The molecule has 2 aromatic carbocycles. The fourth-order valence-electron chi connectivity index (χ4n) is 2.46. The number of hydrogen-bond donors (Lipinski definition) is 1. The molecule has 3 rings (SSSR count). The SMILES string of the molecule is Cc1cc(F)c(C(N)c2ccc3c(c2)COC3)cc1F. The van der Waals surface area contributed by atoms with Gasteiger partial charge in [0.15, 0.2) is 0 Å². The molecule has 0 radical (unpaired) electrons. The Kier molecular flexibility index (Phi) is 3.28. The second kappa shape index (κ2) is 4.96. The summed E-state index contributed by atoms with van der Waals surface area (Å²) < 4.78 is 32.9. The summed E-state index contributed by atoms with van der Waals surface area (Å²) in [4.78, 5) is 0. The highest BCUT2D eigenvalue weighted by Gasteiger charge is 2.19. The quantitative estimate of drug-likeness (QED) is 0.912. The molecule has 0 aliphatic carbocycles. The van der Waals surface area contributed by atoms with Crippen LogP contribution < -0.4 is 5.73 Å². The summed E-state index contributed by atoms with van der Waals surface area (Å²) in [6.45, 7) is 2.67. The maximum absolute atomic E-state index is 14.0. The molecule has 20 heavy (non-hydrogen) atoms. The molecule has 1 aliphatic heterocycles. The van der Waals surface area contributed by atoms with Crippen LogP contribution in [0.1, 0.15) is 33.9 Å². The van der Waals surface area contributed by atoms with Crippen molar-refractivity contribution in [1.29, 1.82) is 0 Å². The van der Waals surface area contributed by atoms with Crippen molar-refractivity contribution in [1.82, 2.24) is 0 Å². The van der Waals surface area contributed by atoms with Crippen LogP contribution in [0.15, 0.2) is 30.3 Å². The van der Waals surface area contributed by atoms with Crippen LogP contribution in [0.2, 0.25) is 0 Å². The van der Waals surface area contributed by atoms with Gasteiger partial charge in [-0.1, -0.05) is 18.2 Å². The second-order valence-electron chi connectivity index (χ2n) is 5.12. The zero-order valence-electron chi connectivity index (χ0n) is 11.1. The number of ether oxygens (including phenoxy) is 1. The van der Waals surface area contributed by atoms with Crippen molar-refractivity contribution in [3.63, 3.8) is 0 Å². The van der Waals surface area contributed by atoms with Gasteiger partial charge in [-0.05, 0) is 41.3 Å². The number of rotatable bonds is 2. The minimum atomic E-state index is -0.684. The van der Waals surface area contributed by atoms with Crippen LogP contribution in [-0.4, -0.2) is 0 Å². The molecule has 1 aliphatic rings. The zero-order valence-corrected chi connectivity index (χ0v) is 11.1. The van der Waals surface area contributed by atoms with Gasteiger partial charge in [-0.25, -0.2) is 8.78 Å². The molecule has 0 bridgehead atoms. The van der Waals surface area contributed by atoms with E-state index < -0.39 is 17.7 Å². The van der Waals surface area contributed by atoms with E-state index in [9.17, 15) is 8.78 Å². The van der Waals surface area contributed by atoms with E-state index in [1.165, 1.54) is 19.1 Å². The molecule has 1 heterocycles. The minimum absolute atomic E-state index is 0.173. The number of nitrogens with two attached hydrogens (primary N) is 1. The first-order valence-corrected chi connectivity index (χ1v) is 6.47. The van der Waals surface area contributed by atoms with E-state index in [1.807, 2.05) is 18.2 Å². The topological polar surface area (TPSA) is 35.2 Å². The molecule has 104 valence electrons. The Morgan fingerprint density at radius 1 is 1.05 bits per heavy atom. The smallest absolute Gasteiger partial charge is 0.128 e. The third kappa shape index (κ3) is 2.21. The lowest BCUT2D eigenvalue weighted by Gasteiger charge is -2.15. The highest BCUT2D eigenvalue weighted by Crippen LogP contribution is 2.28. The molecule has 2 aromatic rings. The molecule has 2 nitrogen and oxygen atoms in total. The van der Waals surface area contributed by atoms with Crippen molar-refractivity contribution in [2.24, 2.45) is 5.73 Å². The second-order valence-corrected chi connectivity index (χ2v) is 5.12. The standard InChI is InChI=1S/C16H15F2NO/c1-9-4-15(18)13(6-14(9)17)16(19)10-2-3-11-7-20-8-12(11)5-10/h2-6,16H,7-8,19H2,1H3. The van der Waals surface area contributed by atoms with Gasteiger partial charge in [0.05, 0.1) is 19.3 Å². The fourth-order valence-corrected chi connectivity index (χ4v) is 2.46. The summed E-state index contributed by atoms with van der Waals surface area (Å²) in [5, 5.41) is 0. The minimum Gasteiger partial charge on any atom is -0.372 e. The van der Waals surface area contributed by atoms with Gasteiger partial charge >= 0.3 is 0 Å². The fraction of sp³-hybridized carbons (Fsp3) is 0.250. The molecule has 1 unspecified atom stereocenters. The lowest BCUT2D eigenvalue weighted by molar-refractivity contribution is 0.134. The van der Waals surface area contributed by atoms with Crippen LogP contribution in [0.3, 0.4) is 0 Å². The average molecular weight is 275 g/mol. The first-order valence-electron chi connectivity index (χ1n) is 6.47. The molecule has 0 amide bonds. The van der Waals surface area contributed by atoms with E-state index in [2.05, 4.69) is 0 Å². The number of fused-ring (bicyclic) bond motifs is 1. The van der Waals surface area contributed by atoms with E-state index >= 15 is 0 Å². The van der Waals surface area contributed by atoms with Crippen LogP contribution in [0.25, 0.3) is 0 Å². The number of benzene rings is 2. The van der Waals surface area contributed by atoms with Gasteiger partial charge in [0.1, 0.15) is 11.6 Å². The van der Waals surface area contributed by atoms with Gasteiger partial charge < -0.3 is 10.5 Å². The van der Waals surface area contributed by atoms with Crippen LogP contribution in [0, 0.1) is 18.6 Å². The summed E-state index contributed by atoms with van der Waals surface area (Å²) in [6, 6.07) is 7.36. The highest BCUT2D eigenvalue weighted by atomic mass is 19.1. The Morgan fingerprint density at radius 2 is 1.80 bits per heavy atom. The van der Waals surface area contributed by atoms with Crippen LogP contribution in [-0.2, 0) is 18.0 Å². The van der Waals surface area contributed by atoms with E-state index in [1.54, 1.807) is 0 Å². The lowest BCUT2D eigenvalue weighted by atomic mass is 9.95. The third-order valence-electron chi connectivity index (χ3n) is 3.72. The Hall–Kier alpha value is -1.78. The monoisotopic (exact) mass is 275 g/mol. The van der Waals surface area contributed by atoms with Crippen molar-refractivity contribution >= 4 is 0 Å². The molecule has 0 aromatic heterocycles. The van der Waals surface area contributed by atoms with E-state index in [-0.39, 0.29) is 11.1 Å². The summed E-state index contributed by atoms with van der Waals surface area (Å²) in [5.41, 5.74) is 9.48. The largest absolute Gasteiger partial charge is 0.372 e. The molecule has 0 fully saturated rings. The van der Waals surface area contributed by atoms with E-state index in [4.69, 9.17) is 10.5 Å². The number of hydrogen-bond acceptors (Lipinski definition) is 2. The predicted molar refractivity (Wildman–Crippen MR) is 72.1 cm³/mol. The van der Waals surface area contributed by atoms with Crippen molar-refractivity contribution in [2.75, 3.05) is 0 Å². The Labute approximate surface area is 116 Å². The Morgan fingerprint density at radius 3 is 2.60 bits per heavy atom. The van der Waals surface area contributed by atoms with Gasteiger partial charge in [-0.2, -0.15) is 0 Å². The molecule has 0 spiro atoms. The van der Waals surface area contributed by atoms with Crippen molar-refractivity contribution in [2.45, 2.75) is 26.2 Å². The van der Waals surface area contributed by atoms with Crippen molar-refractivity contribution in [3.05, 3.63) is 69.8 Å². The Balaban J connectivity index is 2.00. The maximum Gasteiger partial charge on any atom is 0.128 e. The molecular weight excluding hydrogens is 260 g/mol. The molecule has 0 saturated heterocycles. The van der Waals surface area contributed by atoms with Crippen LogP contribution in [0.4, 0.5) is 8.78 Å². The van der Waals surface area contributed by atoms with Gasteiger partial charge in [0.2, 0.25) is 0 Å².